The van der Waals surface area contributed by atoms with Crippen LogP contribution in [0.5, 0.6) is 0 Å². The van der Waals surface area contributed by atoms with Crippen LogP contribution < -0.4 is 9.62 Å². The molecule has 3 aromatic rings. The number of sulfonamides is 1. The Balaban J connectivity index is 2.02. The van der Waals surface area contributed by atoms with Gasteiger partial charge in [-0.1, -0.05) is 79.2 Å². The molecule has 2 amide bonds. The SMILES string of the molecule is CCC(C(=O)NC(C)(C)C)N(CCc1ccccc1)C(=O)CN(c1ccccc1Cl)S(=O)(=O)c1ccccc1. The Morgan fingerprint density at radius 1 is 0.897 bits per heavy atom. The molecule has 7 nitrogen and oxygen atoms in total. The largest absolute Gasteiger partial charge is 0.350 e. The molecule has 1 N–H and O–H groups in total. The maximum atomic E-state index is 14.0. The second-order valence-corrected chi connectivity index (χ2v) is 12.5. The van der Waals surface area contributed by atoms with Crippen molar-refractivity contribution in [1.29, 1.82) is 0 Å². The minimum absolute atomic E-state index is 0.0334. The van der Waals surface area contributed by atoms with Crippen molar-refractivity contribution in [3.63, 3.8) is 0 Å². The Hall–Kier alpha value is -3.36. The van der Waals surface area contributed by atoms with Gasteiger partial charge < -0.3 is 10.2 Å². The molecular weight excluding hydrogens is 534 g/mol. The van der Waals surface area contributed by atoms with Crippen LogP contribution in [0.1, 0.15) is 39.7 Å². The third-order valence-corrected chi connectivity index (χ3v) is 8.19. The highest BCUT2D eigenvalue weighted by atomic mass is 35.5. The molecule has 0 aliphatic rings. The van der Waals surface area contributed by atoms with Gasteiger partial charge in [0.15, 0.2) is 0 Å². The average Bonchev–Trinajstić information content (AvgIpc) is 2.90. The predicted octanol–water partition coefficient (Wildman–Crippen LogP) is 5.30. The number of halogens is 1. The number of carbonyl (C=O) groups excluding carboxylic acids is 2. The second kappa shape index (κ2) is 13.1. The van der Waals surface area contributed by atoms with Crippen LogP contribution in [-0.4, -0.2) is 49.8 Å². The average molecular weight is 570 g/mol. The molecule has 3 rings (SSSR count). The molecule has 9 heteroatoms. The van der Waals surface area contributed by atoms with E-state index in [0.717, 1.165) is 9.87 Å². The number of anilines is 1. The highest BCUT2D eigenvalue weighted by molar-refractivity contribution is 7.92. The predicted molar refractivity (Wildman–Crippen MR) is 156 cm³/mol. The van der Waals surface area contributed by atoms with E-state index in [2.05, 4.69) is 5.32 Å². The van der Waals surface area contributed by atoms with Gasteiger partial charge in [0.25, 0.3) is 10.0 Å². The van der Waals surface area contributed by atoms with Crippen molar-refractivity contribution in [2.75, 3.05) is 17.4 Å². The second-order valence-electron chi connectivity index (χ2n) is 10.3. The van der Waals surface area contributed by atoms with Gasteiger partial charge in [-0.2, -0.15) is 0 Å². The highest BCUT2D eigenvalue weighted by Crippen LogP contribution is 2.30. The van der Waals surface area contributed by atoms with E-state index >= 15 is 0 Å². The molecule has 0 aliphatic carbocycles. The summed E-state index contributed by atoms with van der Waals surface area (Å²) in [5, 5.41) is 3.16. The molecule has 0 aromatic heterocycles. The monoisotopic (exact) mass is 569 g/mol. The quantitative estimate of drug-likeness (QED) is 0.339. The first-order valence-electron chi connectivity index (χ1n) is 12.9. The van der Waals surface area contributed by atoms with Gasteiger partial charge in [0.05, 0.1) is 15.6 Å². The Kier molecular flexibility index (Phi) is 10.2. The topological polar surface area (TPSA) is 86.8 Å². The van der Waals surface area contributed by atoms with E-state index in [1.807, 2.05) is 58.0 Å². The summed E-state index contributed by atoms with van der Waals surface area (Å²) < 4.78 is 28.6. The van der Waals surface area contributed by atoms with E-state index in [1.165, 1.54) is 17.0 Å². The number of rotatable bonds is 11. The van der Waals surface area contributed by atoms with Crippen LogP contribution in [0, 0.1) is 0 Å². The van der Waals surface area contributed by atoms with Crippen molar-refractivity contribution in [1.82, 2.24) is 10.2 Å². The maximum absolute atomic E-state index is 14.0. The summed E-state index contributed by atoms with van der Waals surface area (Å²) in [5.74, 6) is -0.789. The lowest BCUT2D eigenvalue weighted by molar-refractivity contribution is -0.140. The van der Waals surface area contributed by atoms with E-state index in [-0.39, 0.29) is 28.1 Å². The molecule has 0 saturated heterocycles. The molecule has 0 spiro atoms. The van der Waals surface area contributed by atoms with Crippen LogP contribution in [0.4, 0.5) is 5.69 Å². The van der Waals surface area contributed by atoms with Crippen molar-refractivity contribution < 1.29 is 18.0 Å². The zero-order valence-corrected chi connectivity index (χ0v) is 24.4. The van der Waals surface area contributed by atoms with E-state index in [0.29, 0.717) is 12.8 Å². The molecule has 0 fully saturated rings. The standard InChI is InChI=1S/C30H36ClN3O4S/c1-5-26(29(36)32-30(2,3)4)33(21-20-23-14-8-6-9-15-23)28(35)22-34(27-19-13-12-18-25(27)31)39(37,38)24-16-10-7-11-17-24/h6-19,26H,5,20-22H2,1-4H3,(H,32,36). The summed E-state index contributed by atoms with van der Waals surface area (Å²) in [5.41, 5.74) is 0.687. The van der Waals surface area contributed by atoms with Gasteiger partial charge in [0, 0.05) is 12.1 Å². The molecule has 0 saturated carbocycles. The number of carbonyl (C=O) groups is 2. The summed E-state index contributed by atoms with van der Waals surface area (Å²) in [6, 6.07) is 23.3. The van der Waals surface area contributed by atoms with E-state index in [1.54, 1.807) is 42.5 Å². The molecule has 208 valence electrons. The number of amides is 2. The fourth-order valence-electron chi connectivity index (χ4n) is 4.24. The number of nitrogens with one attached hydrogen (secondary N) is 1. The van der Waals surface area contributed by atoms with Crippen LogP contribution in [0.2, 0.25) is 5.02 Å². The zero-order chi connectivity index (χ0) is 28.6. The molecule has 0 bridgehead atoms. The first-order chi connectivity index (χ1) is 18.4. The lowest BCUT2D eigenvalue weighted by Gasteiger charge is -2.35. The minimum Gasteiger partial charge on any atom is -0.350 e. The normalized spacial score (nSPS) is 12.4. The summed E-state index contributed by atoms with van der Waals surface area (Å²) >= 11 is 6.43. The maximum Gasteiger partial charge on any atom is 0.264 e. The van der Waals surface area contributed by atoms with Crippen molar-refractivity contribution in [2.24, 2.45) is 0 Å². The van der Waals surface area contributed by atoms with Crippen molar-refractivity contribution in [3.05, 3.63) is 95.5 Å². The van der Waals surface area contributed by atoms with Gasteiger partial charge in [0.1, 0.15) is 12.6 Å². The van der Waals surface area contributed by atoms with Crippen LogP contribution in [0.3, 0.4) is 0 Å². The Morgan fingerprint density at radius 3 is 2.03 bits per heavy atom. The fraction of sp³-hybridized carbons (Fsp3) is 0.333. The summed E-state index contributed by atoms with van der Waals surface area (Å²) in [7, 11) is -4.15. The van der Waals surface area contributed by atoms with Gasteiger partial charge in [-0.15, -0.1) is 0 Å². The van der Waals surface area contributed by atoms with Gasteiger partial charge in [-0.05, 0) is 63.4 Å². The van der Waals surface area contributed by atoms with Gasteiger partial charge in [-0.3, -0.25) is 13.9 Å². The molecule has 0 radical (unpaired) electrons. The summed E-state index contributed by atoms with van der Waals surface area (Å²) in [6.45, 7) is 7.18. The van der Waals surface area contributed by atoms with E-state index in [4.69, 9.17) is 11.6 Å². The zero-order valence-electron chi connectivity index (χ0n) is 22.8. The highest BCUT2D eigenvalue weighted by Gasteiger charge is 2.34. The first-order valence-corrected chi connectivity index (χ1v) is 14.7. The van der Waals surface area contributed by atoms with Crippen molar-refractivity contribution in [2.45, 2.75) is 57.0 Å². The van der Waals surface area contributed by atoms with Gasteiger partial charge in [-0.25, -0.2) is 8.42 Å². The van der Waals surface area contributed by atoms with E-state index in [9.17, 15) is 18.0 Å². The Morgan fingerprint density at radius 2 is 1.46 bits per heavy atom. The molecular formula is C30H36ClN3O4S. The number of benzene rings is 3. The fourth-order valence-corrected chi connectivity index (χ4v) is 5.98. The Labute approximate surface area is 236 Å². The molecule has 3 aromatic carbocycles. The van der Waals surface area contributed by atoms with Crippen LogP contribution in [0.25, 0.3) is 0 Å². The van der Waals surface area contributed by atoms with Gasteiger partial charge >= 0.3 is 0 Å². The smallest absolute Gasteiger partial charge is 0.264 e. The molecule has 0 aliphatic heterocycles. The van der Waals surface area contributed by atoms with Gasteiger partial charge in [0.2, 0.25) is 11.8 Å². The Bertz CT molecular complexity index is 1360. The van der Waals surface area contributed by atoms with Crippen molar-refractivity contribution in [3.8, 4) is 0 Å². The molecule has 1 unspecified atom stereocenters. The number of hydrogen-bond acceptors (Lipinski definition) is 4. The number of para-hydroxylation sites is 1. The van der Waals surface area contributed by atoms with Crippen LogP contribution in [0.15, 0.2) is 89.8 Å². The van der Waals surface area contributed by atoms with Crippen LogP contribution in [-0.2, 0) is 26.0 Å². The van der Waals surface area contributed by atoms with Crippen LogP contribution >= 0.6 is 11.6 Å². The summed E-state index contributed by atoms with van der Waals surface area (Å²) in [4.78, 5) is 28.8. The lowest BCUT2D eigenvalue weighted by Crippen LogP contribution is -2.56. The molecule has 0 heterocycles. The third kappa shape index (κ3) is 8.07. The third-order valence-electron chi connectivity index (χ3n) is 6.10. The molecule has 39 heavy (non-hydrogen) atoms. The molecule has 1 atom stereocenters. The van der Waals surface area contributed by atoms with Crippen molar-refractivity contribution >= 4 is 39.1 Å². The lowest BCUT2D eigenvalue weighted by atomic mass is 10.1. The first kappa shape index (κ1) is 30.2. The number of hydrogen-bond donors (Lipinski definition) is 1. The minimum atomic E-state index is -4.15. The summed E-state index contributed by atoms with van der Waals surface area (Å²) in [6.07, 6.45) is 0.864. The van der Waals surface area contributed by atoms with E-state index < -0.39 is 34.1 Å². The number of nitrogens with zero attached hydrogens (tertiary/aromatic N) is 2.